The molecule has 3 unspecified atom stereocenters. The van der Waals surface area contributed by atoms with Crippen molar-refractivity contribution in [2.45, 2.75) is 38.0 Å². The molecule has 3 N–H and O–H groups in total. The van der Waals surface area contributed by atoms with E-state index in [9.17, 15) is 9.90 Å². The highest BCUT2D eigenvalue weighted by molar-refractivity contribution is 7.99. The zero-order chi connectivity index (χ0) is 15.8. The van der Waals surface area contributed by atoms with Crippen LogP contribution in [0.1, 0.15) is 30.9 Å². The van der Waals surface area contributed by atoms with Crippen LogP contribution in [0.5, 0.6) is 0 Å². The van der Waals surface area contributed by atoms with Crippen LogP contribution in [0.15, 0.2) is 24.3 Å². The molecule has 0 aromatic heterocycles. The zero-order valence-electron chi connectivity index (χ0n) is 13.2. The van der Waals surface area contributed by atoms with Crippen molar-refractivity contribution in [3.05, 3.63) is 35.4 Å². The SMILES string of the molecule is CSC(CO)C(C)NC(=O)NCC(C)c1ccc(C)cc1. The van der Waals surface area contributed by atoms with Gasteiger partial charge in [-0.25, -0.2) is 4.79 Å². The second-order valence-corrected chi connectivity index (χ2v) is 6.49. The minimum atomic E-state index is -0.186. The summed E-state index contributed by atoms with van der Waals surface area (Å²) in [5.74, 6) is 0.265. The number of rotatable bonds is 7. The third-order valence-electron chi connectivity index (χ3n) is 3.61. The molecule has 0 aliphatic heterocycles. The minimum Gasteiger partial charge on any atom is -0.395 e. The van der Waals surface area contributed by atoms with Crippen molar-refractivity contribution >= 4 is 17.8 Å². The molecule has 0 bridgehead atoms. The second kappa shape index (κ2) is 8.95. The van der Waals surface area contributed by atoms with E-state index in [1.54, 1.807) is 11.8 Å². The summed E-state index contributed by atoms with van der Waals surface area (Å²) in [5.41, 5.74) is 2.45. The van der Waals surface area contributed by atoms with Gasteiger partial charge >= 0.3 is 6.03 Å². The third-order valence-corrected chi connectivity index (χ3v) is 4.78. The van der Waals surface area contributed by atoms with E-state index in [4.69, 9.17) is 0 Å². The maximum absolute atomic E-state index is 11.9. The van der Waals surface area contributed by atoms with Crippen LogP contribution in [0.3, 0.4) is 0 Å². The highest BCUT2D eigenvalue weighted by Crippen LogP contribution is 2.15. The van der Waals surface area contributed by atoms with Gasteiger partial charge in [-0.15, -0.1) is 0 Å². The molecule has 0 spiro atoms. The molecule has 0 aliphatic carbocycles. The van der Waals surface area contributed by atoms with Crippen molar-refractivity contribution in [2.24, 2.45) is 0 Å². The van der Waals surface area contributed by atoms with Crippen LogP contribution in [-0.2, 0) is 0 Å². The number of urea groups is 1. The van der Waals surface area contributed by atoms with Crippen LogP contribution < -0.4 is 10.6 Å². The van der Waals surface area contributed by atoms with Crippen molar-refractivity contribution in [1.29, 1.82) is 0 Å². The number of benzene rings is 1. The van der Waals surface area contributed by atoms with Gasteiger partial charge in [-0.3, -0.25) is 0 Å². The van der Waals surface area contributed by atoms with E-state index in [2.05, 4.69) is 48.7 Å². The first-order chi connectivity index (χ1) is 9.97. The molecule has 0 fully saturated rings. The van der Waals surface area contributed by atoms with Crippen LogP contribution in [0.25, 0.3) is 0 Å². The van der Waals surface area contributed by atoms with E-state index < -0.39 is 0 Å². The Morgan fingerprint density at radius 3 is 2.43 bits per heavy atom. The van der Waals surface area contributed by atoms with Gasteiger partial charge in [0, 0.05) is 17.8 Å². The Kier molecular flexibility index (Phi) is 7.61. The molecule has 118 valence electrons. The number of hydrogen-bond acceptors (Lipinski definition) is 3. The summed E-state index contributed by atoms with van der Waals surface area (Å²) in [6, 6.07) is 8.10. The Bertz CT molecular complexity index is 432. The largest absolute Gasteiger partial charge is 0.395 e. The summed E-state index contributed by atoms with van der Waals surface area (Å²) in [7, 11) is 0. The predicted octanol–water partition coefficient (Wildman–Crippen LogP) is 2.51. The first kappa shape index (κ1) is 17.9. The lowest BCUT2D eigenvalue weighted by Gasteiger charge is -2.22. The van der Waals surface area contributed by atoms with Crippen LogP contribution in [0.2, 0.25) is 0 Å². The number of aryl methyl sites for hydroxylation is 1. The molecule has 0 aliphatic rings. The lowest BCUT2D eigenvalue weighted by atomic mass is 10.0. The molecule has 0 saturated heterocycles. The maximum atomic E-state index is 11.9. The van der Waals surface area contributed by atoms with Crippen molar-refractivity contribution in [3.8, 4) is 0 Å². The molecular formula is C16H26N2O2S. The summed E-state index contributed by atoms with van der Waals surface area (Å²) < 4.78 is 0. The van der Waals surface area contributed by atoms with E-state index >= 15 is 0 Å². The van der Waals surface area contributed by atoms with E-state index in [1.807, 2.05) is 13.2 Å². The Morgan fingerprint density at radius 2 is 1.90 bits per heavy atom. The predicted molar refractivity (Wildman–Crippen MR) is 90.0 cm³/mol. The van der Waals surface area contributed by atoms with Crippen molar-refractivity contribution in [2.75, 3.05) is 19.4 Å². The summed E-state index contributed by atoms with van der Waals surface area (Å²) in [6.07, 6.45) is 1.93. The van der Waals surface area contributed by atoms with Gasteiger partial charge in [-0.05, 0) is 31.6 Å². The summed E-state index contributed by atoms with van der Waals surface area (Å²) in [6.45, 7) is 6.70. The number of carbonyl (C=O) groups excluding carboxylic acids is 1. The second-order valence-electron chi connectivity index (χ2n) is 5.41. The van der Waals surface area contributed by atoms with Gasteiger partial charge in [0.1, 0.15) is 0 Å². The molecule has 4 nitrogen and oxygen atoms in total. The van der Waals surface area contributed by atoms with Crippen molar-refractivity contribution < 1.29 is 9.90 Å². The van der Waals surface area contributed by atoms with Gasteiger partial charge in [-0.1, -0.05) is 36.8 Å². The lowest BCUT2D eigenvalue weighted by Crippen LogP contribution is -2.46. The van der Waals surface area contributed by atoms with Crippen LogP contribution in [0.4, 0.5) is 4.79 Å². The molecule has 3 atom stereocenters. The molecule has 0 saturated carbocycles. The van der Waals surface area contributed by atoms with Crippen molar-refractivity contribution in [1.82, 2.24) is 10.6 Å². The number of aliphatic hydroxyl groups excluding tert-OH is 1. The first-order valence-electron chi connectivity index (χ1n) is 7.22. The van der Waals surface area contributed by atoms with Crippen LogP contribution in [0, 0.1) is 6.92 Å². The smallest absolute Gasteiger partial charge is 0.315 e. The highest BCUT2D eigenvalue weighted by Gasteiger charge is 2.17. The number of aliphatic hydroxyl groups is 1. The standard InChI is InChI=1S/C16H26N2O2S/c1-11-5-7-14(8-6-11)12(2)9-17-16(20)18-13(3)15(10-19)21-4/h5-8,12-13,15,19H,9-10H2,1-4H3,(H2,17,18,20). The Hall–Kier alpha value is -1.20. The lowest BCUT2D eigenvalue weighted by molar-refractivity contribution is 0.232. The average molecular weight is 310 g/mol. The molecule has 21 heavy (non-hydrogen) atoms. The topological polar surface area (TPSA) is 61.4 Å². The number of nitrogens with one attached hydrogen (secondary N) is 2. The third kappa shape index (κ3) is 5.98. The molecule has 1 aromatic carbocycles. The summed E-state index contributed by atoms with van der Waals surface area (Å²) >= 11 is 1.55. The van der Waals surface area contributed by atoms with E-state index in [0.29, 0.717) is 6.54 Å². The quantitative estimate of drug-likeness (QED) is 0.725. The van der Waals surface area contributed by atoms with Gasteiger partial charge < -0.3 is 15.7 Å². The normalized spacial score (nSPS) is 15.1. The van der Waals surface area contributed by atoms with Gasteiger partial charge in [0.25, 0.3) is 0 Å². The molecule has 1 rings (SSSR count). The molecule has 0 heterocycles. The van der Waals surface area contributed by atoms with Gasteiger partial charge in [-0.2, -0.15) is 11.8 Å². The fourth-order valence-electron chi connectivity index (χ4n) is 2.05. The first-order valence-corrected chi connectivity index (χ1v) is 8.51. The molecule has 5 heteroatoms. The fraction of sp³-hybridized carbons (Fsp3) is 0.562. The minimum absolute atomic E-state index is 0.0188. The van der Waals surface area contributed by atoms with Crippen LogP contribution >= 0.6 is 11.8 Å². The van der Waals surface area contributed by atoms with Gasteiger partial charge in [0.15, 0.2) is 0 Å². The number of carbonyl (C=O) groups is 1. The molecule has 2 amide bonds. The number of hydrogen-bond donors (Lipinski definition) is 3. The Morgan fingerprint density at radius 1 is 1.29 bits per heavy atom. The van der Waals surface area contributed by atoms with Gasteiger partial charge in [0.05, 0.1) is 6.61 Å². The zero-order valence-corrected chi connectivity index (χ0v) is 14.0. The number of thioether (sulfide) groups is 1. The molecule has 1 aromatic rings. The monoisotopic (exact) mass is 310 g/mol. The Labute approximate surface area is 131 Å². The van der Waals surface area contributed by atoms with E-state index in [-0.39, 0.29) is 29.8 Å². The molecular weight excluding hydrogens is 284 g/mol. The average Bonchev–Trinajstić information content (AvgIpc) is 2.46. The van der Waals surface area contributed by atoms with E-state index in [0.717, 1.165) is 0 Å². The Balaban J connectivity index is 2.40. The summed E-state index contributed by atoms with van der Waals surface area (Å²) in [4.78, 5) is 11.9. The summed E-state index contributed by atoms with van der Waals surface area (Å²) in [5, 5.41) is 15.0. The maximum Gasteiger partial charge on any atom is 0.315 e. The number of amides is 2. The van der Waals surface area contributed by atoms with E-state index in [1.165, 1.54) is 11.1 Å². The highest BCUT2D eigenvalue weighted by atomic mass is 32.2. The van der Waals surface area contributed by atoms with Crippen molar-refractivity contribution in [3.63, 3.8) is 0 Å². The fourth-order valence-corrected chi connectivity index (χ4v) is 2.67. The molecule has 0 radical (unpaired) electrons. The van der Waals surface area contributed by atoms with Crippen LogP contribution in [-0.4, -0.2) is 41.8 Å². The van der Waals surface area contributed by atoms with Gasteiger partial charge in [0.2, 0.25) is 0 Å².